The number of hydrogen-bond donors (Lipinski definition) is 1. The van der Waals surface area contributed by atoms with Crippen molar-refractivity contribution in [3.05, 3.63) is 12.2 Å². The van der Waals surface area contributed by atoms with Crippen molar-refractivity contribution in [3.8, 4) is 0 Å². The maximum Gasteiger partial charge on any atom is 0.231 e. The molecule has 3 unspecified atom stereocenters. The Bertz CT molecular complexity index is 296. The Hall–Kier alpha value is -1.12. The fourth-order valence-corrected chi connectivity index (χ4v) is 2.52. The van der Waals surface area contributed by atoms with Crippen LogP contribution in [0, 0.1) is 17.8 Å². The highest BCUT2D eigenvalue weighted by Crippen LogP contribution is 2.36. The van der Waals surface area contributed by atoms with Crippen molar-refractivity contribution in [2.45, 2.75) is 26.2 Å². The van der Waals surface area contributed by atoms with Crippen LogP contribution < -0.4 is 5.32 Å². The second kappa shape index (κ2) is 3.56. The number of amides is 2. The van der Waals surface area contributed by atoms with Crippen LogP contribution in [0.1, 0.15) is 26.2 Å². The van der Waals surface area contributed by atoms with Crippen LogP contribution in [0.15, 0.2) is 12.2 Å². The van der Waals surface area contributed by atoms with Gasteiger partial charge in [-0.05, 0) is 18.8 Å². The third-order valence-corrected chi connectivity index (χ3v) is 3.18. The number of carbonyl (C=O) groups is 2. The molecule has 0 bridgehead atoms. The quantitative estimate of drug-likeness (QED) is 0.530. The first-order chi connectivity index (χ1) is 6.74. The first-order valence-electron chi connectivity index (χ1n) is 5.25. The number of imide groups is 1. The lowest BCUT2D eigenvalue weighted by Crippen LogP contribution is -2.28. The first kappa shape index (κ1) is 9.44. The smallest absolute Gasteiger partial charge is 0.231 e. The van der Waals surface area contributed by atoms with Crippen LogP contribution >= 0.6 is 0 Å². The monoisotopic (exact) mass is 193 g/mol. The topological polar surface area (TPSA) is 46.2 Å². The molecule has 1 aliphatic heterocycles. The average Bonchev–Trinajstić information content (AvgIpc) is 2.44. The van der Waals surface area contributed by atoms with Gasteiger partial charge < -0.3 is 0 Å². The van der Waals surface area contributed by atoms with Crippen LogP contribution in [-0.2, 0) is 9.59 Å². The lowest BCUT2D eigenvalue weighted by Gasteiger charge is -2.25. The standard InChI is InChI=1S/C11H15NO2/c1-2-4-7-5-3-6-8-9(7)11(14)12-10(8)13/h3,5,7-9H,2,4,6H2,1H3,(H,12,13,14). The van der Waals surface area contributed by atoms with Crippen LogP contribution in [0.2, 0.25) is 0 Å². The van der Waals surface area contributed by atoms with E-state index in [4.69, 9.17) is 0 Å². The van der Waals surface area contributed by atoms with E-state index < -0.39 is 0 Å². The van der Waals surface area contributed by atoms with Gasteiger partial charge in [-0.2, -0.15) is 0 Å². The van der Waals surface area contributed by atoms with Gasteiger partial charge in [0.25, 0.3) is 0 Å². The van der Waals surface area contributed by atoms with Crippen molar-refractivity contribution >= 4 is 11.8 Å². The molecular weight excluding hydrogens is 178 g/mol. The van der Waals surface area contributed by atoms with Gasteiger partial charge in [0.1, 0.15) is 0 Å². The molecule has 0 aromatic carbocycles. The maximum atomic E-state index is 11.5. The highest BCUT2D eigenvalue weighted by atomic mass is 16.2. The van der Waals surface area contributed by atoms with E-state index in [0.29, 0.717) is 0 Å². The number of hydrogen-bond acceptors (Lipinski definition) is 2. The molecule has 0 saturated carbocycles. The zero-order chi connectivity index (χ0) is 10.1. The Labute approximate surface area is 83.6 Å². The molecule has 0 spiro atoms. The molecule has 1 aliphatic carbocycles. The average molecular weight is 193 g/mol. The number of carbonyl (C=O) groups excluding carboxylic acids is 2. The van der Waals surface area contributed by atoms with Crippen molar-refractivity contribution in [1.29, 1.82) is 0 Å². The minimum Gasteiger partial charge on any atom is -0.296 e. The third kappa shape index (κ3) is 1.37. The van der Waals surface area contributed by atoms with E-state index in [1.165, 1.54) is 0 Å². The summed E-state index contributed by atoms with van der Waals surface area (Å²) in [5.41, 5.74) is 0. The van der Waals surface area contributed by atoms with E-state index in [9.17, 15) is 9.59 Å². The summed E-state index contributed by atoms with van der Waals surface area (Å²) in [5, 5.41) is 2.43. The van der Waals surface area contributed by atoms with Gasteiger partial charge in [-0.25, -0.2) is 0 Å². The second-order valence-corrected chi connectivity index (χ2v) is 4.10. The van der Waals surface area contributed by atoms with Crippen LogP contribution in [0.3, 0.4) is 0 Å². The highest BCUT2D eigenvalue weighted by Gasteiger charge is 2.45. The molecule has 76 valence electrons. The fraction of sp³-hybridized carbons (Fsp3) is 0.636. The largest absolute Gasteiger partial charge is 0.296 e. The van der Waals surface area contributed by atoms with Gasteiger partial charge in [0.05, 0.1) is 11.8 Å². The molecule has 1 heterocycles. The van der Waals surface area contributed by atoms with Crippen LogP contribution in [-0.4, -0.2) is 11.8 Å². The summed E-state index contributed by atoms with van der Waals surface area (Å²) in [5.74, 6) is -0.0602. The summed E-state index contributed by atoms with van der Waals surface area (Å²) in [6.07, 6.45) is 6.92. The van der Waals surface area contributed by atoms with Crippen LogP contribution in [0.4, 0.5) is 0 Å². The Morgan fingerprint density at radius 2 is 2.21 bits per heavy atom. The Morgan fingerprint density at radius 1 is 1.43 bits per heavy atom. The Morgan fingerprint density at radius 3 is 2.93 bits per heavy atom. The molecule has 0 aromatic heterocycles. The van der Waals surface area contributed by atoms with E-state index in [0.717, 1.165) is 19.3 Å². The predicted octanol–water partition coefficient (Wildman–Crippen LogP) is 1.25. The van der Waals surface area contributed by atoms with E-state index in [2.05, 4.69) is 18.3 Å². The van der Waals surface area contributed by atoms with Crippen LogP contribution in [0.5, 0.6) is 0 Å². The van der Waals surface area contributed by atoms with Gasteiger partial charge in [0, 0.05) is 0 Å². The minimum atomic E-state index is -0.0935. The Balaban J connectivity index is 2.21. The molecule has 3 nitrogen and oxygen atoms in total. The molecule has 14 heavy (non-hydrogen) atoms. The van der Waals surface area contributed by atoms with Crippen molar-refractivity contribution in [2.75, 3.05) is 0 Å². The molecule has 2 rings (SSSR count). The summed E-state index contributed by atoms with van der Waals surface area (Å²) in [6, 6.07) is 0. The van der Waals surface area contributed by atoms with Gasteiger partial charge in [-0.3, -0.25) is 14.9 Å². The van der Waals surface area contributed by atoms with Gasteiger partial charge >= 0.3 is 0 Å². The summed E-state index contributed by atoms with van der Waals surface area (Å²) < 4.78 is 0. The SMILES string of the molecule is CCCC1C=CCC2C(=O)NC(=O)C12. The van der Waals surface area contributed by atoms with Gasteiger partial charge in [-0.1, -0.05) is 25.5 Å². The lowest BCUT2D eigenvalue weighted by molar-refractivity contribution is -0.126. The van der Waals surface area contributed by atoms with Crippen molar-refractivity contribution in [2.24, 2.45) is 17.8 Å². The Kier molecular flexibility index (Phi) is 2.40. The summed E-state index contributed by atoms with van der Waals surface area (Å²) >= 11 is 0. The maximum absolute atomic E-state index is 11.5. The zero-order valence-electron chi connectivity index (χ0n) is 8.32. The minimum absolute atomic E-state index is 0.0669. The van der Waals surface area contributed by atoms with Gasteiger partial charge in [-0.15, -0.1) is 0 Å². The van der Waals surface area contributed by atoms with E-state index in [-0.39, 0.29) is 29.6 Å². The van der Waals surface area contributed by atoms with Gasteiger partial charge in [0.15, 0.2) is 0 Å². The molecule has 1 saturated heterocycles. The molecule has 3 heteroatoms. The third-order valence-electron chi connectivity index (χ3n) is 3.18. The van der Waals surface area contributed by atoms with Crippen LogP contribution in [0.25, 0.3) is 0 Å². The fourth-order valence-electron chi connectivity index (χ4n) is 2.52. The lowest BCUT2D eigenvalue weighted by atomic mass is 9.75. The summed E-state index contributed by atoms with van der Waals surface area (Å²) in [6.45, 7) is 2.10. The zero-order valence-corrected chi connectivity index (χ0v) is 8.32. The predicted molar refractivity (Wildman–Crippen MR) is 52.3 cm³/mol. The van der Waals surface area contributed by atoms with Crippen molar-refractivity contribution in [3.63, 3.8) is 0 Å². The molecule has 1 N–H and O–H groups in total. The number of fused-ring (bicyclic) bond motifs is 1. The molecule has 1 fully saturated rings. The molecule has 2 aliphatic rings. The first-order valence-corrected chi connectivity index (χ1v) is 5.25. The van der Waals surface area contributed by atoms with E-state index in [1.54, 1.807) is 0 Å². The summed E-state index contributed by atoms with van der Waals surface area (Å²) in [7, 11) is 0. The summed E-state index contributed by atoms with van der Waals surface area (Å²) in [4.78, 5) is 22.9. The second-order valence-electron chi connectivity index (χ2n) is 4.10. The number of rotatable bonds is 2. The molecule has 3 atom stereocenters. The molecule has 0 radical (unpaired) electrons. The van der Waals surface area contributed by atoms with Crippen molar-refractivity contribution in [1.82, 2.24) is 5.32 Å². The number of allylic oxidation sites excluding steroid dienone is 2. The highest BCUT2D eigenvalue weighted by molar-refractivity contribution is 6.05. The molecule has 2 amide bonds. The van der Waals surface area contributed by atoms with Gasteiger partial charge in [0.2, 0.25) is 11.8 Å². The number of nitrogens with one attached hydrogen (secondary N) is 1. The van der Waals surface area contributed by atoms with Crippen molar-refractivity contribution < 1.29 is 9.59 Å². The normalized spacial score (nSPS) is 35.6. The molecular formula is C11H15NO2. The van der Waals surface area contributed by atoms with E-state index >= 15 is 0 Å². The molecule has 0 aromatic rings. The van der Waals surface area contributed by atoms with E-state index in [1.807, 2.05) is 6.08 Å².